The third-order valence-corrected chi connectivity index (χ3v) is 0.693. The van der Waals surface area contributed by atoms with Gasteiger partial charge in [-0.05, 0) is 0 Å². The van der Waals surface area contributed by atoms with Gasteiger partial charge in [-0.15, -0.1) is 0 Å². The summed E-state index contributed by atoms with van der Waals surface area (Å²) in [5.74, 6) is 0. The average Bonchev–Trinajstić information content (AvgIpc) is 2.14. The van der Waals surface area contributed by atoms with Crippen LogP contribution in [0, 0.1) is 0 Å². The first-order chi connectivity index (χ1) is 3.43. The highest BCUT2D eigenvalue weighted by Crippen LogP contribution is 1.88. The van der Waals surface area contributed by atoms with E-state index in [9.17, 15) is 0 Å². The van der Waals surface area contributed by atoms with E-state index >= 15 is 0 Å². The zero-order chi connectivity index (χ0) is 5.11. The van der Waals surface area contributed by atoms with Gasteiger partial charge in [0.05, 0.1) is 5.69 Å². The van der Waals surface area contributed by atoms with E-state index in [2.05, 4.69) is 9.40 Å². The minimum Gasteiger partial charge on any atom is -0.451 e. The molecule has 3 heteroatoms. The van der Waals surface area contributed by atoms with Gasteiger partial charge in [-0.3, -0.25) is 0 Å². The van der Waals surface area contributed by atoms with Crippen molar-refractivity contribution in [1.29, 1.82) is 0 Å². The van der Waals surface area contributed by atoms with Gasteiger partial charge in [0.1, 0.15) is 6.26 Å². The van der Waals surface area contributed by atoms with Crippen LogP contribution in [0.25, 0.3) is 0 Å². The van der Waals surface area contributed by atoms with E-state index in [-0.39, 0.29) is 0 Å². The fourth-order valence-electron chi connectivity index (χ4n) is 0.338. The number of hydrogen-bond donors (Lipinski definition) is 1. The summed E-state index contributed by atoms with van der Waals surface area (Å²) in [4.78, 5) is 3.74. The molecule has 0 fully saturated rings. The van der Waals surface area contributed by atoms with Gasteiger partial charge in [0.15, 0.2) is 6.39 Å². The highest BCUT2D eigenvalue weighted by Gasteiger charge is 1.85. The molecule has 0 spiro atoms. The molecule has 2 N–H and O–H groups in total. The highest BCUT2D eigenvalue weighted by molar-refractivity contribution is 4.87. The molecule has 1 rings (SSSR count). The van der Waals surface area contributed by atoms with E-state index in [0.29, 0.717) is 6.54 Å². The first-order valence-electron chi connectivity index (χ1n) is 2.00. The molecule has 0 atom stereocenters. The van der Waals surface area contributed by atoms with E-state index in [0.717, 1.165) is 5.69 Å². The number of nitrogens with zero attached hydrogens (tertiary/aromatic N) is 1. The SMILES string of the molecule is NCc1cocn1. The van der Waals surface area contributed by atoms with Crippen LogP contribution < -0.4 is 5.73 Å². The Bertz CT molecular complexity index is 124. The molecule has 0 aliphatic rings. The van der Waals surface area contributed by atoms with Crippen LogP contribution in [0.2, 0.25) is 0 Å². The van der Waals surface area contributed by atoms with Crippen LogP contribution in [0.1, 0.15) is 5.69 Å². The van der Waals surface area contributed by atoms with Crippen molar-refractivity contribution in [1.82, 2.24) is 4.98 Å². The van der Waals surface area contributed by atoms with Gasteiger partial charge in [-0.1, -0.05) is 0 Å². The number of rotatable bonds is 1. The second kappa shape index (κ2) is 1.75. The molecule has 7 heavy (non-hydrogen) atoms. The van der Waals surface area contributed by atoms with Crippen molar-refractivity contribution < 1.29 is 4.42 Å². The number of aromatic nitrogens is 1. The topological polar surface area (TPSA) is 52.0 Å². The van der Waals surface area contributed by atoms with Crippen molar-refractivity contribution >= 4 is 0 Å². The van der Waals surface area contributed by atoms with Gasteiger partial charge in [-0.2, -0.15) is 0 Å². The smallest absolute Gasteiger partial charge is 0.180 e. The van der Waals surface area contributed by atoms with Crippen LogP contribution in [0.15, 0.2) is 17.1 Å². The summed E-state index contributed by atoms with van der Waals surface area (Å²) in [5, 5.41) is 0. The van der Waals surface area contributed by atoms with Gasteiger partial charge < -0.3 is 10.2 Å². The standard InChI is InChI=1S/C4H6N2O/c5-1-4-2-7-3-6-4/h2-3H,1,5H2. The van der Waals surface area contributed by atoms with E-state index < -0.39 is 0 Å². The van der Waals surface area contributed by atoms with E-state index in [4.69, 9.17) is 5.73 Å². The molecule has 3 nitrogen and oxygen atoms in total. The Morgan fingerprint density at radius 1 is 1.86 bits per heavy atom. The average molecular weight is 98.1 g/mol. The molecule has 38 valence electrons. The molecule has 1 aromatic rings. The maximum absolute atomic E-state index is 5.17. The minimum absolute atomic E-state index is 0.455. The number of nitrogens with two attached hydrogens (primary N) is 1. The fourth-order valence-corrected chi connectivity index (χ4v) is 0.338. The molecule has 0 saturated carbocycles. The molecule has 1 aromatic heterocycles. The quantitative estimate of drug-likeness (QED) is 0.543. The van der Waals surface area contributed by atoms with Crippen molar-refractivity contribution in [3.8, 4) is 0 Å². The minimum atomic E-state index is 0.455. The molecule has 0 saturated heterocycles. The summed E-state index contributed by atoms with van der Waals surface area (Å²) in [5.41, 5.74) is 5.96. The molecule has 0 aliphatic heterocycles. The van der Waals surface area contributed by atoms with Gasteiger partial charge in [-0.25, -0.2) is 4.98 Å². The summed E-state index contributed by atoms with van der Waals surface area (Å²) >= 11 is 0. The van der Waals surface area contributed by atoms with E-state index in [1.165, 1.54) is 12.7 Å². The van der Waals surface area contributed by atoms with Gasteiger partial charge >= 0.3 is 0 Å². The third kappa shape index (κ3) is 0.778. The summed E-state index contributed by atoms with van der Waals surface area (Å²) in [6, 6.07) is 0. The van der Waals surface area contributed by atoms with Crippen LogP contribution in [-0.4, -0.2) is 4.98 Å². The second-order valence-corrected chi connectivity index (χ2v) is 1.18. The van der Waals surface area contributed by atoms with Crippen molar-refractivity contribution in [3.05, 3.63) is 18.4 Å². The molecule has 0 radical (unpaired) electrons. The maximum atomic E-state index is 5.17. The first kappa shape index (κ1) is 4.33. The normalized spacial score (nSPS) is 9.29. The monoisotopic (exact) mass is 98.0 g/mol. The molecule has 0 amide bonds. The van der Waals surface area contributed by atoms with Crippen LogP contribution >= 0.6 is 0 Å². The molecular weight excluding hydrogens is 92.1 g/mol. The van der Waals surface area contributed by atoms with Crippen molar-refractivity contribution in [3.63, 3.8) is 0 Å². The van der Waals surface area contributed by atoms with Gasteiger partial charge in [0.2, 0.25) is 0 Å². The van der Waals surface area contributed by atoms with Crippen LogP contribution in [0.4, 0.5) is 0 Å². The Morgan fingerprint density at radius 2 is 2.71 bits per heavy atom. The maximum Gasteiger partial charge on any atom is 0.180 e. The van der Waals surface area contributed by atoms with Crippen LogP contribution in [0.5, 0.6) is 0 Å². The Labute approximate surface area is 41.2 Å². The highest BCUT2D eigenvalue weighted by atomic mass is 16.3. The zero-order valence-electron chi connectivity index (χ0n) is 3.79. The summed E-state index contributed by atoms with van der Waals surface area (Å²) in [7, 11) is 0. The first-order valence-corrected chi connectivity index (χ1v) is 2.00. The van der Waals surface area contributed by atoms with Gasteiger partial charge in [0, 0.05) is 6.54 Å². The Kier molecular flexibility index (Phi) is 1.08. The third-order valence-electron chi connectivity index (χ3n) is 0.693. The van der Waals surface area contributed by atoms with Crippen molar-refractivity contribution in [2.45, 2.75) is 6.54 Å². The predicted molar refractivity (Wildman–Crippen MR) is 24.4 cm³/mol. The molecular formula is C4H6N2O. The van der Waals surface area contributed by atoms with Crippen molar-refractivity contribution in [2.24, 2.45) is 5.73 Å². The lowest BCUT2D eigenvalue weighted by molar-refractivity contribution is 0.556. The lowest BCUT2D eigenvalue weighted by Crippen LogP contribution is -1.94. The molecule has 0 bridgehead atoms. The summed E-state index contributed by atoms with van der Waals surface area (Å²) in [6.07, 6.45) is 2.89. The van der Waals surface area contributed by atoms with Crippen molar-refractivity contribution in [2.75, 3.05) is 0 Å². The number of hydrogen-bond acceptors (Lipinski definition) is 3. The molecule has 0 unspecified atom stereocenters. The van der Waals surface area contributed by atoms with Gasteiger partial charge in [0.25, 0.3) is 0 Å². The molecule has 0 aromatic carbocycles. The number of oxazole rings is 1. The Hall–Kier alpha value is -0.830. The second-order valence-electron chi connectivity index (χ2n) is 1.18. The van der Waals surface area contributed by atoms with E-state index in [1.807, 2.05) is 0 Å². The summed E-state index contributed by atoms with van der Waals surface area (Å²) in [6.45, 7) is 0.455. The largest absolute Gasteiger partial charge is 0.451 e. The van der Waals surface area contributed by atoms with Crippen LogP contribution in [0.3, 0.4) is 0 Å². The molecule has 1 heterocycles. The Balaban J connectivity index is 2.76. The molecule has 0 aliphatic carbocycles. The van der Waals surface area contributed by atoms with E-state index in [1.54, 1.807) is 0 Å². The summed E-state index contributed by atoms with van der Waals surface area (Å²) < 4.78 is 4.61. The fraction of sp³-hybridized carbons (Fsp3) is 0.250. The lowest BCUT2D eigenvalue weighted by atomic mass is 10.5. The predicted octanol–water partition coefficient (Wildman–Crippen LogP) is 0.133. The Morgan fingerprint density at radius 3 is 3.00 bits per heavy atom. The van der Waals surface area contributed by atoms with Crippen LogP contribution in [-0.2, 0) is 6.54 Å². The lowest BCUT2D eigenvalue weighted by Gasteiger charge is -1.76. The zero-order valence-corrected chi connectivity index (χ0v) is 3.79.